The first-order valence-corrected chi connectivity index (χ1v) is 6.22. The standard InChI is InChI=1S/C12H16N4OS/c1-8(2)7-16-11(13-14-12(16)18)9-4-5-15(3)10(17)6-9/h4-6,8H,7H2,1-3H3,(H,14,18). The minimum Gasteiger partial charge on any atom is -0.319 e. The summed E-state index contributed by atoms with van der Waals surface area (Å²) >= 11 is 5.21. The summed E-state index contributed by atoms with van der Waals surface area (Å²) in [5, 5.41) is 6.99. The fraction of sp³-hybridized carbons (Fsp3) is 0.417. The second-order valence-electron chi connectivity index (χ2n) is 4.72. The number of H-pyrrole nitrogens is 1. The molecule has 0 fully saturated rings. The maximum Gasteiger partial charge on any atom is 0.250 e. The van der Waals surface area contributed by atoms with E-state index < -0.39 is 0 Å². The van der Waals surface area contributed by atoms with Crippen LogP contribution in [0.3, 0.4) is 0 Å². The first-order chi connectivity index (χ1) is 8.49. The minimum atomic E-state index is -0.0579. The van der Waals surface area contributed by atoms with Crippen molar-refractivity contribution in [3.8, 4) is 11.4 Å². The van der Waals surface area contributed by atoms with Gasteiger partial charge in [-0.1, -0.05) is 13.8 Å². The highest BCUT2D eigenvalue weighted by Gasteiger charge is 2.10. The van der Waals surface area contributed by atoms with Gasteiger partial charge in [0, 0.05) is 31.4 Å². The van der Waals surface area contributed by atoms with Gasteiger partial charge in [0.1, 0.15) is 0 Å². The van der Waals surface area contributed by atoms with E-state index in [-0.39, 0.29) is 5.56 Å². The van der Waals surface area contributed by atoms with Crippen molar-refractivity contribution in [1.29, 1.82) is 0 Å². The van der Waals surface area contributed by atoms with Crippen molar-refractivity contribution < 1.29 is 0 Å². The fourth-order valence-corrected chi connectivity index (χ4v) is 1.97. The molecule has 2 aromatic heterocycles. The Bertz CT molecular complexity index is 665. The Balaban J connectivity index is 2.54. The van der Waals surface area contributed by atoms with Gasteiger partial charge in [-0.3, -0.25) is 14.5 Å². The molecule has 0 radical (unpaired) electrons. The van der Waals surface area contributed by atoms with E-state index in [1.54, 1.807) is 19.3 Å². The van der Waals surface area contributed by atoms with E-state index in [0.717, 1.165) is 12.1 Å². The number of nitrogens with one attached hydrogen (secondary N) is 1. The maximum atomic E-state index is 11.6. The Morgan fingerprint density at radius 1 is 1.50 bits per heavy atom. The van der Waals surface area contributed by atoms with Gasteiger partial charge < -0.3 is 4.57 Å². The van der Waals surface area contributed by atoms with E-state index in [2.05, 4.69) is 24.0 Å². The molecule has 0 saturated carbocycles. The number of nitrogens with zero attached hydrogens (tertiary/aromatic N) is 3. The molecule has 2 aromatic rings. The smallest absolute Gasteiger partial charge is 0.250 e. The molecule has 96 valence electrons. The Hall–Kier alpha value is -1.69. The van der Waals surface area contributed by atoms with Crippen molar-refractivity contribution >= 4 is 12.2 Å². The lowest BCUT2D eigenvalue weighted by Crippen LogP contribution is -2.15. The first-order valence-electron chi connectivity index (χ1n) is 5.81. The van der Waals surface area contributed by atoms with Crippen LogP contribution in [-0.4, -0.2) is 19.3 Å². The second kappa shape index (κ2) is 4.89. The van der Waals surface area contributed by atoms with Crippen LogP contribution >= 0.6 is 12.2 Å². The van der Waals surface area contributed by atoms with Gasteiger partial charge in [-0.2, -0.15) is 5.10 Å². The van der Waals surface area contributed by atoms with Gasteiger partial charge in [0.05, 0.1) is 0 Å². The lowest BCUT2D eigenvalue weighted by Gasteiger charge is -2.09. The molecule has 2 heterocycles. The summed E-state index contributed by atoms with van der Waals surface area (Å²) in [6.45, 7) is 5.00. The normalized spacial score (nSPS) is 11.1. The highest BCUT2D eigenvalue weighted by molar-refractivity contribution is 7.71. The third-order valence-electron chi connectivity index (χ3n) is 2.67. The molecular formula is C12H16N4OS. The molecule has 0 aromatic carbocycles. The SMILES string of the molecule is CC(C)Cn1c(-c2ccn(C)c(=O)c2)n[nH]c1=S. The largest absolute Gasteiger partial charge is 0.319 e. The molecule has 0 aliphatic carbocycles. The number of aromatic nitrogens is 4. The van der Waals surface area contributed by atoms with Crippen LogP contribution in [0.15, 0.2) is 23.1 Å². The van der Waals surface area contributed by atoms with Crippen molar-refractivity contribution in [1.82, 2.24) is 19.3 Å². The van der Waals surface area contributed by atoms with Crippen molar-refractivity contribution in [2.45, 2.75) is 20.4 Å². The highest BCUT2D eigenvalue weighted by Crippen LogP contribution is 2.16. The molecule has 0 aliphatic rings. The lowest BCUT2D eigenvalue weighted by atomic mass is 10.2. The van der Waals surface area contributed by atoms with Gasteiger partial charge in [-0.05, 0) is 24.2 Å². The molecule has 1 N–H and O–H groups in total. The summed E-state index contributed by atoms with van der Waals surface area (Å²) in [6, 6.07) is 3.44. The summed E-state index contributed by atoms with van der Waals surface area (Å²) < 4.78 is 4.03. The quantitative estimate of drug-likeness (QED) is 0.862. The number of hydrogen-bond acceptors (Lipinski definition) is 3. The van der Waals surface area contributed by atoms with Gasteiger partial charge in [-0.15, -0.1) is 0 Å². The Morgan fingerprint density at radius 2 is 2.22 bits per heavy atom. The third-order valence-corrected chi connectivity index (χ3v) is 2.98. The fourth-order valence-electron chi connectivity index (χ4n) is 1.76. The zero-order valence-electron chi connectivity index (χ0n) is 10.7. The second-order valence-corrected chi connectivity index (χ2v) is 5.11. The molecule has 2 rings (SSSR count). The van der Waals surface area contributed by atoms with Gasteiger partial charge in [0.25, 0.3) is 5.56 Å². The van der Waals surface area contributed by atoms with Gasteiger partial charge in [0.15, 0.2) is 10.6 Å². The van der Waals surface area contributed by atoms with E-state index in [0.29, 0.717) is 16.5 Å². The zero-order valence-corrected chi connectivity index (χ0v) is 11.5. The van der Waals surface area contributed by atoms with Crippen LogP contribution in [0, 0.1) is 10.7 Å². The van der Waals surface area contributed by atoms with E-state index >= 15 is 0 Å². The molecule has 0 bridgehead atoms. The molecule has 0 spiro atoms. The summed E-state index contributed by atoms with van der Waals surface area (Å²) in [6.07, 6.45) is 1.73. The number of rotatable bonds is 3. The van der Waals surface area contributed by atoms with Crippen LogP contribution in [0.25, 0.3) is 11.4 Å². The Labute approximate surface area is 110 Å². The van der Waals surface area contributed by atoms with E-state index in [1.165, 1.54) is 4.57 Å². The van der Waals surface area contributed by atoms with Crippen LogP contribution in [0.4, 0.5) is 0 Å². The zero-order chi connectivity index (χ0) is 13.3. The molecule has 0 aliphatic heterocycles. The number of aryl methyl sites for hydroxylation is 1. The summed E-state index contributed by atoms with van der Waals surface area (Å²) in [5.41, 5.74) is 0.726. The Kier molecular flexibility index (Phi) is 3.47. The molecule has 5 nitrogen and oxygen atoms in total. The molecule has 0 saturated heterocycles. The monoisotopic (exact) mass is 264 g/mol. The predicted octanol–water partition coefficient (Wildman–Crippen LogP) is 1.96. The number of aromatic amines is 1. The molecule has 0 unspecified atom stereocenters. The van der Waals surface area contributed by atoms with Gasteiger partial charge >= 0.3 is 0 Å². The molecular weight excluding hydrogens is 248 g/mol. The van der Waals surface area contributed by atoms with Gasteiger partial charge in [0.2, 0.25) is 0 Å². The van der Waals surface area contributed by atoms with E-state index in [4.69, 9.17) is 12.2 Å². The lowest BCUT2D eigenvalue weighted by molar-refractivity contribution is 0.521. The van der Waals surface area contributed by atoms with Crippen LogP contribution in [0.5, 0.6) is 0 Å². The van der Waals surface area contributed by atoms with Crippen LogP contribution < -0.4 is 5.56 Å². The van der Waals surface area contributed by atoms with Crippen LogP contribution in [0.1, 0.15) is 13.8 Å². The third kappa shape index (κ3) is 2.43. The molecule has 6 heteroatoms. The summed E-state index contributed by atoms with van der Waals surface area (Å²) in [4.78, 5) is 11.6. The average Bonchev–Trinajstić information content (AvgIpc) is 2.64. The van der Waals surface area contributed by atoms with Crippen molar-refractivity contribution in [3.63, 3.8) is 0 Å². The number of pyridine rings is 1. The summed E-state index contributed by atoms with van der Waals surface area (Å²) in [7, 11) is 1.72. The summed E-state index contributed by atoms with van der Waals surface area (Å²) in [5.74, 6) is 1.17. The number of hydrogen-bond donors (Lipinski definition) is 1. The Morgan fingerprint density at radius 3 is 2.83 bits per heavy atom. The van der Waals surface area contributed by atoms with E-state index in [1.807, 2.05) is 10.6 Å². The first kappa shape index (κ1) is 12.8. The van der Waals surface area contributed by atoms with Crippen LogP contribution in [0.2, 0.25) is 0 Å². The topological polar surface area (TPSA) is 55.6 Å². The molecule has 0 amide bonds. The predicted molar refractivity (Wildman–Crippen MR) is 72.9 cm³/mol. The minimum absolute atomic E-state index is 0.0579. The molecule has 18 heavy (non-hydrogen) atoms. The van der Waals surface area contributed by atoms with Crippen molar-refractivity contribution in [2.75, 3.05) is 0 Å². The van der Waals surface area contributed by atoms with Crippen molar-refractivity contribution in [2.24, 2.45) is 13.0 Å². The average molecular weight is 264 g/mol. The maximum absolute atomic E-state index is 11.6. The van der Waals surface area contributed by atoms with E-state index in [9.17, 15) is 4.79 Å². The van der Waals surface area contributed by atoms with Gasteiger partial charge in [-0.25, -0.2) is 0 Å². The van der Waals surface area contributed by atoms with Crippen LogP contribution in [-0.2, 0) is 13.6 Å². The van der Waals surface area contributed by atoms with Crippen molar-refractivity contribution in [3.05, 3.63) is 33.5 Å². The molecule has 0 atom stereocenters. The highest BCUT2D eigenvalue weighted by atomic mass is 32.1.